The number of carbonyl (C=O) groups excluding carboxylic acids is 2. The molecule has 4 aromatic rings. The number of methoxy groups -OCH3 is 1. The third-order valence-electron chi connectivity index (χ3n) is 8.38. The van der Waals surface area contributed by atoms with Crippen LogP contribution in [0.15, 0.2) is 48.7 Å². The van der Waals surface area contributed by atoms with Gasteiger partial charge in [0.05, 0.1) is 44.0 Å². The number of fused-ring (bicyclic) bond motifs is 1. The lowest BCUT2D eigenvalue weighted by Crippen LogP contribution is -2.43. The number of nitrogens with two attached hydrogens (primary N) is 1. The molecule has 2 heterocycles. The van der Waals surface area contributed by atoms with Crippen molar-refractivity contribution < 1.29 is 37.3 Å². The monoisotopic (exact) mass is 637 g/mol. The lowest BCUT2D eigenvalue weighted by atomic mass is 9.90. The molecule has 0 radical (unpaired) electrons. The number of nitrogens with zero attached hydrogens (tertiary/aromatic N) is 3. The van der Waals surface area contributed by atoms with E-state index in [1.165, 1.54) is 25.3 Å². The molecule has 0 saturated heterocycles. The van der Waals surface area contributed by atoms with Crippen molar-refractivity contribution in [1.29, 1.82) is 0 Å². The van der Waals surface area contributed by atoms with E-state index < -0.39 is 29.2 Å². The Kier molecular flexibility index (Phi) is 8.13. The van der Waals surface area contributed by atoms with Crippen LogP contribution in [0.2, 0.25) is 0 Å². The molecule has 2 aliphatic carbocycles. The fraction of sp³-hybridized carbons (Fsp3) is 0.394. The van der Waals surface area contributed by atoms with Gasteiger partial charge in [0.15, 0.2) is 0 Å². The molecule has 2 amide bonds. The summed E-state index contributed by atoms with van der Waals surface area (Å²) >= 11 is 0. The van der Waals surface area contributed by atoms with Crippen molar-refractivity contribution in [3.63, 3.8) is 0 Å². The quantitative estimate of drug-likeness (QED) is 0.200. The Bertz CT molecular complexity index is 1820. The number of hydrogen-bond acceptors (Lipinski definition) is 7. The summed E-state index contributed by atoms with van der Waals surface area (Å²) in [5.41, 5.74) is 4.33. The van der Waals surface area contributed by atoms with Crippen molar-refractivity contribution in [1.82, 2.24) is 20.1 Å². The zero-order valence-corrected chi connectivity index (χ0v) is 25.4. The molecule has 0 unspecified atom stereocenters. The Labute approximate surface area is 262 Å². The van der Waals surface area contributed by atoms with Gasteiger partial charge in [0.1, 0.15) is 28.3 Å². The van der Waals surface area contributed by atoms with Crippen molar-refractivity contribution in [2.45, 2.75) is 56.8 Å². The number of aromatic nitrogens is 3. The van der Waals surface area contributed by atoms with Crippen LogP contribution < -0.4 is 20.5 Å². The molecule has 1 atom stereocenters. The molecule has 4 N–H and O–H groups in total. The highest BCUT2D eigenvalue weighted by molar-refractivity contribution is 6.00. The Morgan fingerprint density at radius 3 is 2.52 bits per heavy atom. The minimum absolute atomic E-state index is 0.0231. The number of pyridine rings is 1. The zero-order chi connectivity index (χ0) is 32.8. The standard InChI is InChI=1S/C33H34F3N5O5/c1-3-46-30-19(15-27(37)42)14-26(39-29(30)18-5-4-6-23(12-18)33(34,35)36)32(44,22-7-8-22)17-38-31(43)20-11-21-16-41(24-9-10-24)40-28(21)25(13-20)45-2/h4-6,11-14,16,22,24,44H,3,7-10,15,17H2,1-2H3,(H2,37,42)(H,38,43)/t32-/m1/s1. The van der Waals surface area contributed by atoms with Gasteiger partial charge in [-0.25, -0.2) is 4.98 Å². The summed E-state index contributed by atoms with van der Waals surface area (Å²) < 4.78 is 54.2. The van der Waals surface area contributed by atoms with Crippen LogP contribution in [-0.4, -0.2) is 51.9 Å². The van der Waals surface area contributed by atoms with Crippen LogP contribution in [-0.2, 0) is 23.0 Å². The van der Waals surface area contributed by atoms with Gasteiger partial charge in [0.25, 0.3) is 5.91 Å². The summed E-state index contributed by atoms with van der Waals surface area (Å²) in [4.78, 5) is 30.2. The first kappa shape index (κ1) is 31.3. The number of primary amides is 1. The molecule has 2 aliphatic rings. The molecule has 0 bridgehead atoms. The fourth-order valence-corrected chi connectivity index (χ4v) is 5.73. The van der Waals surface area contributed by atoms with Crippen LogP contribution >= 0.6 is 0 Å². The summed E-state index contributed by atoms with van der Waals surface area (Å²) in [6.45, 7) is 1.57. The average molecular weight is 638 g/mol. The lowest BCUT2D eigenvalue weighted by molar-refractivity contribution is -0.137. The number of alkyl halides is 3. The summed E-state index contributed by atoms with van der Waals surface area (Å²) in [5.74, 6) is -0.943. The number of hydrogen-bond donors (Lipinski definition) is 3. The largest absolute Gasteiger partial charge is 0.494 e. The fourth-order valence-electron chi connectivity index (χ4n) is 5.73. The van der Waals surface area contributed by atoms with E-state index in [4.69, 9.17) is 15.2 Å². The molecular weight excluding hydrogens is 603 g/mol. The van der Waals surface area contributed by atoms with E-state index in [1.54, 1.807) is 19.1 Å². The molecule has 0 aliphatic heterocycles. The molecular formula is C33H34F3N5O5. The van der Waals surface area contributed by atoms with Gasteiger partial charge in [-0.1, -0.05) is 12.1 Å². The van der Waals surface area contributed by atoms with Gasteiger partial charge in [-0.05, 0) is 68.9 Å². The second kappa shape index (κ2) is 11.9. The summed E-state index contributed by atoms with van der Waals surface area (Å²) in [6.07, 6.45) is 0.303. The van der Waals surface area contributed by atoms with Gasteiger partial charge >= 0.3 is 6.18 Å². The van der Waals surface area contributed by atoms with E-state index in [9.17, 15) is 27.9 Å². The van der Waals surface area contributed by atoms with Gasteiger partial charge in [-0.3, -0.25) is 14.3 Å². The van der Waals surface area contributed by atoms with E-state index in [0.717, 1.165) is 30.4 Å². The molecule has 6 rings (SSSR count). The van der Waals surface area contributed by atoms with Crippen molar-refractivity contribution in [3.05, 3.63) is 71.0 Å². The van der Waals surface area contributed by atoms with Crippen molar-refractivity contribution >= 4 is 22.7 Å². The van der Waals surface area contributed by atoms with Gasteiger partial charge in [-0.2, -0.15) is 18.3 Å². The van der Waals surface area contributed by atoms with E-state index in [0.29, 0.717) is 35.7 Å². The third-order valence-corrected chi connectivity index (χ3v) is 8.38. The first-order valence-electron chi connectivity index (χ1n) is 15.1. The van der Waals surface area contributed by atoms with E-state index in [1.807, 2.05) is 10.9 Å². The predicted octanol–water partition coefficient (Wildman–Crippen LogP) is 4.91. The minimum Gasteiger partial charge on any atom is -0.494 e. The maximum absolute atomic E-state index is 13.6. The number of carbonyl (C=O) groups is 2. The van der Waals surface area contributed by atoms with Gasteiger partial charge in [0, 0.05) is 28.3 Å². The lowest BCUT2D eigenvalue weighted by Gasteiger charge is -2.30. The van der Waals surface area contributed by atoms with Gasteiger partial charge < -0.3 is 25.6 Å². The second-order valence-corrected chi connectivity index (χ2v) is 11.8. The van der Waals surface area contributed by atoms with Gasteiger partial charge in [-0.15, -0.1) is 0 Å². The molecule has 46 heavy (non-hydrogen) atoms. The van der Waals surface area contributed by atoms with Crippen LogP contribution in [0.3, 0.4) is 0 Å². The summed E-state index contributed by atoms with van der Waals surface area (Å²) in [5, 5.41) is 20.3. The Morgan fingerprint density at radius 2 is 1.89 bits per heavy atom. The van der Waals surface area contributed by atoms with Crippen LogP contribution in [0.5, 0.6) is 11.5 Å². The number of nitrogens with one attached hydrogen (secondary N) is 1. The predicted molar refractivity (Wildman–Crippen MR) is 162 cm³/mol. The number of ether oxygens (including phenoxy) is 2. The van der Waals surface area contributed by atoms with E-state index in [-0.39, 0.29) is 53.8 Å². The highest BCUT2D eigenvalue weighted by atomic mass is 19.4. The molecule has 2 fully saturated rings. The molecule has 2 saturated carbocycles. The topological polar surface area (TPSA) is 142 Å². The molecule has 242 valence electrons. The maximum Gasteiger partial charge on any atom is 0.416 e. The summed E-state index contributed by atoms with van der Waals surface area (Å²) in [6, 6.07) is 9.70. The number of amides is 2. The summed E-state index contributed by atoms with van der Waals surface area (Å²) in [7, 11) is 1.50. The molecule has 2 aromatic carbocycles. The average Bonchev–Trinajstić information content (AvgIpc) is 3.96. The number of benzene rings is 2. The van der Waals surface area contributed by atoms with Crippen LogP contribution in [0, 0.1) is 5.92 Å². The third kappa shape index (κ3) is 6.23. The van der Waals surface area contributed by atoms with Crippen LogP contribution in [0.25, 0.3) is 22.2 Å². The minimum atomic E-state index is -4.61. The smallest absolute Gasteiger partial charge is 0.416 e. The Balaban J connectivity index is 1.37. The molecule has 0 spiro atoms. The number of halogens is 3. The first-order valence-corrected chi connectivity index (χ1v) is 15.1. The van der Waals surface area contributed by atoms with Crippen molar-refractivity contribution in [2.75, 3.05) is 20.3 Å². The normalized spacial score (nSPS) is 16.2. The Morgan fingerprint density at radius 1 is 1.13 bits per heavy atom. The van der Waals surface area contributed by atoms with Gasteiger partial charge in [0.2, 0.25) is 5.91 Å². The maximum atomic E-state index is 13.6. The van der Waals surface area contributed by atoms with Crippen molar-refractivity contribution in [3.8, 4) is 22.8 Å². The highest BCUT2D eigenvalue weighted by Crippen LogP contribution is 2.47. The molecule has 13 heteroatoms. The van der Waals surface area contributed by atoms with Crippen LogP contribution in [0.4, 0.5) is 13.2 Å². The van der Waals surface area contributed by atoms with Crippen LogP contribution in [0.1, 0.15) is 65.8 Å². The highest BCUT2D eigenvalue weighted by Gasteiger charge is 2.47. The molecule has 2 aromatic heterocycles. The van der Waals surface area contributed by atoms with Crippen molar-refractivity contribution in [2.24, 2.45) is 11.7 Å². The number of aliphatic hydroxyl groups is 1. The second-order valence-electron chi connectivity index (χ2n) is 11.8. The Hall–Kier alpha value is -4.65. The SMILES string of the molecule is CCOc1c(CC(N)=O)cc([C@@](O)(CNC(=O)c2cc(OC)c3nn(C4CC4)cc3c2)C2CC2)nc1-c1cccc(C(F)(F)F)c1. The molecule has 10 nitrogen and oxygen atoms in total. The number of rotatable bonds is 12. The first-order chi connectivity index (χ1) is 21.9. The van der Waals surface area contributed by atoms with E-state index >= 15 is 0 Å². The zero-order valence-electron chi connectivity index (χ0n) is 25.4. The van der Waals surface area contributed by atoms with E-state index in [2.05, 4.69) is 15.4 Å².